The van der Waals surface area contributed by atoms with E-state index in [1.54, 1.807) is 7.05 Å². The highest BCUT2D eigenvalue weighted by Gasteiger charge is 2.37. The molecule has 7 heteroatoms. The molecule has 0 aromatic carbocycles. The van der Waals surface area contributed by atoms with E-state index < -0.39 is 17.6 Å². The SMILES string of the molecule is CN(CC1(O)CCOCC1)C(=O)N1CCCCC1C(=O)O. The topological polar surface area (TPSA) is 90.3 Å². The van der Waals surface area contributed by atoms with Crippen molar-refractivity contribution in [2.45, 2.75) is 43.7 Å². The molecule has 0 aliphatic carbocycles. The third-order valence-corrected chi connectivity index (χ3v) is 4.32. The fourth-order valence-corrected chi connectivity index (χ4v) is 3.06. The average Bonchev–Trinajstić information content (AvgIpc) is 2.46. The van der Waals surface area contributed by atoms with Crippen molar-refractivity contribution in [2.24, 2.45) is 0 Å². The van der Waals surface area contributed by atoms with Gasteiger partial charge in [0.05, 0.1) is 12.1 Å². The van der Waals surface area contributed by atoms with E-state index in [0.29, 0.717) is 39.0 Å². The van der Waals surface area contributed by atoms with Gasteiger partial charge in [0.1, 0.15) is 6.04 Å². The second-order valence-electron chi connectivity index (χ2n) is 6.02. The third-order valence-electron chi connectivity index (χ3n) is 4.32. The fourth-order valence-electron chi connectivity index (χ4n) is 3.06. The minimum atomic E-state index is -0.957. The minimum Gasteiger partial charge on any atom is -0.480 e. The number of hydrogen-bond donors (Lipinski definition) is 2. The maximum atomic E-state index is 12.5. The number of carboxylic acid groups (broad SMARTS) is 1. The van der Waals surface area contributed by atoms with E-state index in [9.17, 15) is 19.8 Å². The van der Waals surface area contributed by atoms with E-state index in [-0.39, 0.29) is 12.6 Å². The molecule has 2 aliphatic heterocycles. The van der Waals surface area contributed by atoms with Crippen molar-refractivity contribution in [3.63, 3.8) is 0 Å². The van der Waals surface area contributed by atoms with Gasteiger partial charge in [0, 0.05) is 39.6 Å². The predicted octanol–water partition coefficient (Wildman–Crippen LogP) is 0.519. The van der Waals surface area contributed by atoms with Crippen LogP contribution in [0.2, 0.25) is 0 Å². The smallest absolute Gasteiger partial charge is 0.326 e. The lowest BCUT2D eigenvalue weighted by atomic mass is 9.94. The first kappa shape index (κ1) is 16.0. The molecule has 2 fully saturated rings. The molecule has 0 radical (unpaired) electrons. The van der Waals surface area contributed by atoms with Crippen molar-refractivity contribution >= 4 is 12.0 Å². The van der Waals surface area contributed by atoms with Gasteiger partial charge in [-0.1, -0.05) is 0 Å². The van der Waals surface area contributed by atoms with E-state index in [1.807, 2.05) is 0 Å². The number of piperidine rings is 1. The van der Waals surface area contributed by atoms with E-state index in [4.69, 9.17) is 4.74 Å². The zero-order chi connectivity index (χ0) is 15.5. The summed E-state index contributed by atoms with van der Waals surface area (Å²) in [4.78, 5) is 26.6. The Kier molecular flexibility index (Phi) is 5.05. The van der Waals surface area contributed by atoms with Gasteiger partial charge in [0.2, 0.25) is 0 Å². The lowest BCUT2D eigenvalue weighted by Gasteiger charge is -2.39. The van der Waals surface area contributed by atoms with Crippen LogP contribution in [-0.4, -0.2) is 77.0 Å². The number of ether oxygens (including phenoxy) is 1. The molecule has 2 heterocycles. The van der Waals surface area contributed by atoms with E-state index >= 15 is 0 Å². The number of likely N-dealkylation sites (N-methyl/N-ethyl adjacent to an activating group) is 1. The zero-order valence-corrected chi connectivity index (χ0v) is 12.5. The molecule has 0 spiro atoms. The Hall–Kier alpha value is -1.34. The molecule has 1 atom stereocenters. The number of rotatable bonds is 3. The van der Waals surface area contributed by atoms with Gasteiger partial charge in [-0.05, 0) is 19.3 Å². The van der Waals surface area contributed by atoms with Crippen LogP contribution in [-0.2, 0) is 9.53 Å². The maximum absolute atomic E-state index is 12.5. The quantitative estimate of drug-likeness (QED) is 0.793. The number of likely N-dealkylation sites (tertiary alicyclic amines) is 1. The Labute approximate surface area is 124 Å². The number of amides is 2. The van der Waals surface area contributed by atoms with Crippen LogP contribution in [0.15, 0.2) is 0 Å². The summed E-state index contributed by atoms with van der Waals surface area (Å²) in [5.74, 6) is -0.957. The van der Waals surface area contributed by atoms with Crippen LogP contribution < -0.4 is 0 Å². The van der Waals surface area contributed by atoms with E-state index in [0.717, 1.165) is 12.8 Å². The van der Waals surface area contributed by atoms with E-state index in [1.165, 1.54) is 9.80 Å². The summed E-state index contributed by atoms with van der Waals surface area (Å²) in [7, 11) is 1.61. The Bertz CT molecular complexity index is 395. The fraction of sp³-hybridized carbons (Fsp3) is 0.857. The molecule has 0 bridgehead atoms. The van der Waals surface area contributed by atoms with Gasteiger partial charge in [0.25, 0.3) is 0 Å². The average molecular weight is 300 g/mol. The molecular formula is C14H24N2O5. The highest BCUT2D eigenvalue weighted by molar-refractivity contribution is 5.82. The highest BCUT2D eigenvalue weighted by Crippen LogP contribution is 2.23. The monoisotopic (exact) mass is 300 g/mol. The van der Waals surface area contributed by atoms with Crippen molar-refractivity contribution in [3.05, 3.63) is 0 Å². The molecule has 120 valence electrons. The summed E-state index contributed by atoms with van der Waals surface area (Å²) in [6.45, 7) is 1.64. The molecule has 0 aromatic rings. The van der Waals surface area contributed by atoms with Crippen molar-refractivity contribution in [3.8, 4) is 0 Å². The Morgan fingerprint density at radius 2 is 2.00 bits per heavy atom. The highest BCUT2D eigenvalue weighted by atomic mass is 16.5. The second kappa shape index (κ2) is 6.62. The van der Waals surface area contributed by atoms with Crippen LogP contribution in [0.3, 0.4) is 0 Å². The van der Waals surface area contributed by atoms with E-state index in [2.05, 4.69) is 0 Å². The number of aliphatic hydroxyl groups is 1. The molecule has 2 rings (SSSR count). The van der Waals surface area contributed by atoms with Crippen LogP contribution >= 0.6 is 0 Å². The van der Waals surface area contributed by atoms with Crippen LogP contribution in [0.5, 0.6) is 0 Å². The van der Waals surface area contributed by atoms with Crippen LogP contribution in [0, 0.1) is 0 Å². The van der Waals surface area contributed by atoms with Crippen molar-refractivity contribution in [1.29, 1.82) is 0 Å². The lowest BCUT2D eigenvalue weighted by molar-refractivity contribution is -0.143. The summed E-state index contributed by atoms with van der Waals surface area (Å²) in [5.41, 5.74) is -0.933. The molecule has 2 saturated heterocycles. The van der Waals surface area contributed by atoms with Crippen molar-refractivity contribution < 1.29 is 24.5 Å². The van der Waals surface area contributed by atoms with Gasteiger partial charge in [-0.15, -0.1) is 0 Å². The number of nitrogens with zero attached hydrogens (tertiary/aromatic N) is 2. The molecule has 1 unspecified atom stereocenters. The minimum absolute atomic E-state index is 0.206. The normalized spacial score (nSPS) is 25.4. The number of carboxylic acids is 1. The standard InChI is InChI=1S/C14H24N2O5/c1-15(10-14(20)5-8-21-9-6-14)13(19)16-7-3-2-4-11(16)12(17)18/h11,20H,2-10H2,1H3,(H,17,18). The molecule has 0 aromatic heterocycles. The number of urea groups is 1. The first-order valence-electron chi connectivity index (χ1n) is 7.48. The molecule has 0 saturated carbocycles. The van der Waals surface area contributed by atoms with Gasteiger partial charge in [-0.3, -0.25) is 0 Å². The first-order chi connectivity index (χ1) is 9.93. The summed E-state index contributed by atoms with van der Waals surface area (Å²) in [5, 5.41) is 19.7. The van der Waals surface area contributed by atoms with Gasteiger partial charge >= 0.3 is 12.0 Å². The largest absolute Gasteiger partial charge is 0.480 e. The van der Waals surface area contributed by atoms with Gasteiger partial charge in [-0.25, -0.2) is 9.59 Å². The molecule has 7 nitrogen and oxygen atoms in total. The number of aliphatic carboxylic acids is 1. The first-order valence-corrected chi connectivity index (χ1v) is 7.48. The number of carbonyl (C=O) groups excluding carboxylic acids is 1. The lowest BCUT2D eigenvalue weighted by Crippen LogP contribution is -2.55. The summed E-state index contributed by atoms with van der Waals surface area (Å²) in [6.07, 6.45) is 3.13. The molecule has 2 N–H and O–H groups in total. The maximum Gasteiger partial charge on any atom is 0.326 e. The molecule has 2 aliphatic rings. The van der Waals surface area contributed by atoms with Crippen molar-refractivity contribution in [1.82, 2.24) is 9.80 Å². The van der Waals surface area contributed by atoms with Crippen LogP contribution in [0.1, 0.15) is 32.1 Å². The zero-order valence-electron chi connectivity index (χ0n) is 12.5. The predicted molar refractivity (Wildman–Crippen MR) is 75.0 cm³/mol. The van der Waals surface area contributed by atoms with Crippen molar-refractivity contribution in [2.75, 3.05) is 33.4 Å². The molecule has 2 amide bonds. The number of carbonyl (C=O) groups is 2. The van der Waals surface area contributed by atoms with Gasteiger partial charge < -0.3 is 24.7 Å². The summed E-state index contributed by atoms with van der Waals surface area (Å²) >= 11 is 0. The Morgan fingerprint density at radius 1 is 1.33 bits per heavy atom. The van der Waals surface area contributed by atoms with Gasteiger partial charge in [0.15, 0.2) is 0 Å². The molecule has 21 heavy (non-hydrogen) atoms. The Morgan fingerprint density at radius 3 is 2.62 bits per heavy atom. The summed E-state index contributed by atoms with van der Waals surface area (Å²) < 4.78 is 5.22. The van der Waals surface area contributed by atoms with Gasteiger partial charge in [-0.2, -0.15) is 0 Å². The third kappa shape index (κ3) is 3.85. The summed E-state index contributed by atoms with van der Waals surface area (Å²) in [6, 6.07) is -1.07. The van der Waals surface area contributed by atoms with Crippen LogP contribution in [0.25, 0.3) is 0 Å². The molecular weight excluding hydrogens is 276 g/mol. The number of hydrogen-bond acceptors (Lipinski definition) is 4. The Balaban J connectivity index is 1.98. The van der Waals surface area contributed by atoms with Crippen LogP contribution in [0.4, 0.5) is 4.79 Å². The second-order valence-corrected chi connectivity index (χ2v) is 6.02.